The molecule has 7 nitrogen and oxygen atoms in total. The predicted octanol–water partition coefficient (Wildman–Crippen LogP) is 0.731. The number of nitriles is 1. The van der Waals surface area contributed by atoms with Crippen LogP contribution in [-0.4, -0.2) is 18.4 Å². The Kier molecular flexibility index (Phi) is 3.31. The monoisotopic (exact) mass is 275 g/mol. The fourth-order valence-corrected chi connectivity index (χ4v) is 2.22. The van der Waals surface area contributed by atoms with E-state index in [4.69, 9.17) is 11.0 Å². The molecular weight excluding hydrogens is 266 g/mol. The second-order valence-corrected chi connectivity index (χ2v) is 5.26. The van der Waals surface area contributed by atoms with Gasteiger partial charge in [0.05, 0.1) is 11.9 Å². The van der Waals surface area contributed by atoms with Crippen LogP contribution in [-0.2, 0) is 10.0 Å². The molecule has 0 radical (unpaired) electrons. The summed E-state index contributed by atoms with van der Waals surface area (Å²) < 4.78 is 26.2. The largest absolute Gasteiger partial charge is 0.397 e. The minimum atomic E-state index is -3.78. The maximum absolute atomic E-state index is 12.0. The summed E-state index contributed by atoms with van der Waals surface area (Å²) in [5.41, 5.74) is 6.03. The standard InChI is InChI=1S/C11H9N5O2S/c12-5-9-2-3-10(7-14-9)19(17,18)16-11-4-1-8(13)6-15-11/h1-4,6-7H,13H2,(H,15,16). The van der Waals surface area contributed by atoms with Crippen LogP contribution in [0.2, 0.25) is 0 Å². The number of hydrogen-bond donors (Lipinski definition) is 2. The normalized spacial score (nSPS) is 10.7. The number of nitrogen functional groups attached to an aromatic ring is 1. The molecule has 2 aromatic rings. The van der Waals surface area contributed by atoms with E-state index < -0.39 is 10.0 Å². The predicted molar refractivity (Wildman–Crippen MR) is 68.4 cm³/mol. The SMILES string of the molecule is N#Cc1ccc(S(=O)(=O)Nc2ccc(N)cn2)cn1. The highest BCUT2D eigenvalue weighted by atomic mass is 32.2. The first kappa shape index (κ1) is 12.8. The molecule has 0 unspecified atom stereocenters. The van der Waals surface area contributed by atoms with Gasteiger partial charge in [-0.25, -0.2) is 18.4 Å². The van der Waals surface area contributed by atoms with Crippen molar-refractivity contribution >= 4 is 21.5 Å². The summed E-state index contributed by atoms with van der Waals surface area (Å²) >= 11 is 0. The van der Waals surface area contributed by atoms with E-state index in [1.807, 2.05) is 6.07 Å². The number of pyridine rings is 2. The number of nitrogens with one attached hydrogen (secondary N) is 1. The number of anilines is 2. The van der Waals surface area contributed by atoms with Crippen molar-refractivity contribution in [3.63, 3.8) is 0 Å². The molecule has 0 saturated heterocycles. The molecule has 2 heterocycles. The van der Waals surface area contributed by atoms with Gasteiger partial charge in [0, 0.05) is 6.20 Å². The van der Waals surface area contributed by atoms with Gasteiger partial charge >= 0.3 is 0 Å². The third kappa shape index (κ3) is 2.97. The Bertz CT molecular complexity index is 717. The van der Waals surface area contributed by atoms with E-state index in [0.717, 1.165) is 6.20 Å². The fraction of sp³-hybridized carbons (Fsp3) is 0. The van der Waals surface area contributed by atoms with Crippen LogP contribution >= 0.6 is 0 Å². The van der Waals surface area contributed by atoms with Crippen LogP contribution in [0.5, 0.6) is 0 Å². The van der Waals surface area contributed by atoms with Crippen LogP contribution in [0.3, 0.4) is 0 Å². The average Bonchev–Trinajstić information content (AvgIpc) is 2.41. The first-order chi connectivity index (χ1) is 9.01. The summed E-state index contributed by atoms with van der Waals surface area (Å²) in [5, 5.41) is 8.59. The lowest BCUT2D eigenvalue weighted by molar-refractivity contribution is 0.600. The zero-order chi connectivity index (χ0) is 13.9. The van der Waals surface area contributed by atoms with Crippen molar-refractivity contribution in [1.29, 1.82) is 5.26 Å². The highest BCUT2D eigenvalue weighted by molar-refractivity contribution is 7.92. The first-order valence-corrected chi connectivity index (χ1v) is 6.60. The van der Waals surface area contributed by atoms with E-state index in [0.29, 0.717) is 5.69 Å². The summed E-state index contributed by atoms with van der Waals surface area (Å²) in [4.78, 5) is 7.48. The summed E-state index contributed by atoms with van der Waals surface area (Å²) in [6.45, 7) is 0. The summed E-state index contributed by atoms with van der Waals surface area (Å²) in [6.07, 6.45) is 2.45. The Morgan fingerprint density at radius 2 is 1.95 bits per heavy atom. The molecule has 2 aromatic heterocycles. The highest BCUT2D eigenvalue weighted by Crippen LogP contribution is 2.14. The smallest absolute Gasteiger partial charge is 0.264 e. The average molecular weight is 275 g/mol. The Balaban J connectivity index is 2.27. The van der Waals surface area contributed by atoms with E-state index in [2.05, 4.69) is 14.7 Å². The van der Waals surface area contributed by atoms with Gasteiger partial charge in [0.15, 0.2) is 0 Å². The maximum atomic E-state index is 12.0. The molecule has 0 saturated carbocycles. The van der Waals surface area contributed by atoms with Crippen molar-refractivity contribution in [1.82, 2.24) is 9.97 Å². The number of nitrogens with zero attached hydrogens (tertiary/aromatic N) is 3. The molecule has 0 aliphatic rings. The zero-order valence-electron chi connectivity index (χ0n) is 9.61. The van der Waals surface area contributed by atoms with Gasteiger partial charge in [-0.3, -0.25) is 4.72 Å². The molecule has 8 heteroatoms. The minimum Gasteiger partial charge on any atom is -0.397 e. The van der Waals surface area contributed by atoms with Gasteiger partial charge in [0.25, 0.3) is 10.0 Å². The Labute approximate surface area is 109 Å². The van der Waals surface area contributed by atoms with Gasteiger partial charge in [-0.05, 0) is 24.3 Å². The van der Waals surface area contributed by atoms with E-state index >= 15 is 0 Å². The van der Waals surface area contributed by atoms with E-state index in [1.165, 1.54) is 30.5 Å². The minimum absolute atomic E-state index is 0.0508. The summed E-state index contributed by atoms with van der Waals surface area (Å²) in [5.74, 6) is 0.151. The highest BCUT2D eigenvalue weighted by Gasteiger charge is 2.15. The lowest BCUT2D eigenvalue weighted by Gasteiger charge is -2.06. The van der Waals surface area contributed by atoms with Gasteiger partial charge in [0.1, 0.15) is 22.5 Å². The molecule has 0 fully saturated rings. The van der Waals surface area contributed by atoms with Crippen LogP contribution in [0.25, 0.3) is 0 Å². The topological polar surface area (TPSA) is 122 Å². The van der Waals surface area contributed by atoms with Crippen molar-refractivity contribution in [3.05, 3.63) is 42.4 Å². The Morgan fingerprint density at radius 1 is 1.16 bits per heavy atom. The fourth-order valence-electron chi connectivity index (χ4n) is 1.27. The van der Waals surface area contributed by atoms with E-state index in [9.17, 15) is 8.42 Å². The third-order valence-electron chi connectivity index (χ3n) is 2.19. The molecule has 96 valence electrons. The molecule has 0 aliphatic carbocycles. The van der Waals surface area contributed by atoms with Gasteiger partial charge in [0.2, 0.25) is 0 Å². The van der Waals surface area contributed by atoms with Crippen molar-refractivity contribution in [2.24, 2.45) is 0 Å². The number of nitrogens with two attached hydrogens (primary N) is 1. The van der Waals surface area contributed by atoms with Gasteiger partial charge in [-0.15, -0.1) is 0 Å². The zero-order valence-corrected chi connectivity index (χ0v) is 10.4. The quantitative estimate of drug-likeness (QED) is 0.851. The lowest BCUT2D eigenvalue weighted by atomic mass is 10.4. The maximum Gasteiger partial charge on any atom is 0.264 e. The number of aromatic nitrogens is 2. The first-order valence-electron chi connectivity index (χ1n) is 5.12. The molecule has 0 aliphatic heterocycles. The molecule has 0 spiro atoms. The van der Waals surface area contributed by atoms with Crippen LogP contribution in [0, 0.1) is 11.3 Å². The number of sulfonamides is 1. The molecule has 0 amide bonds. The van der Waals surface area contributed by atoms with Crippen molar-refractivity contribution in [2.75, 3.05) is 10.5 Å². The van der Waals surface area contributed by atoms with Crippen molar-refractivity contribution < 1.29 is 8.42 Å². The van der Waals surface area contributed by atoms with Crippen LogP contribution in [0.4, 0.5) is 11.5 Å². The number of hydrogen-bond acceptors (Lipinski definition) is 6. The molecule has 0 aromatic carbocycles. The van der Waals surface area contributed by atoms with Crippen LogP contribution in [0.15, 0.2) is 41.6 Å². The Morgan fingerprint density at radius 3 is 2.47 bits per heavy atom. The van der Waals surface area contributed by atoms with Crippen molar-refractivity contribution in [3.8, 4) is 6.07 Å². The second-order valence-electron chi connectivity index (χ2n) is 3.57. The van der Waals surface area contributed by atoms with Gasteiger partial charge in [-0.1, -0.05) is 0 Å². The van der Waals surface area contributed by atoms with Gasteiger partial charge in [-0.2, -0.15) is 5.26 Å². The van der Waals surface area contributed by atoms with Crippen LogP contribution < -0.4 is 10.5 Å². The molecule has 0 bridgehead atoms. The lowest BCUT2D eigenvalue weighted by Crippen LogP contribution is -2.14. The number of rotatable bonds is 3. The van der Waals surface area contributed by atoms with Crippen molar-refractivity contribution in [2.45, 2.75) is 4.90 Å². The molecule has 2 rings (SSSR count). The Hall–Kier alpha value is -2.66. The van der Waals surface area contributed by atoms with E-state index in [1.54, 1.807) is 0 Å². The molecule has 3 N–H and O–H groups in total. The van der Waals surface area contributed by atoms with Gasteiger partial charge < -0.3 is 5.73 Å². The third-order valence-corrected chi connectivity index (χ3v) is 3.53. The molecule has 0 atom stereocenters. The molecular formula is C11H9N5O2S. The summed E-state index contributed by atoms with van der Waals surface area (Å²) in [7, 11) is -3.78. The second kappa shape index (κ2) is 4.91. The summed E-state index contributed by atoms with van der Waals surface area (Å²) in [6, 6.07) is 7.41. The molecule has 19 heavy (non-hydrogen) atoms. The van der Waals surface area contributed by atoms with E-state index in [-0.39, 0.29) is 16.4 Å². The van der Waals surface area contributed by atoms with Crippen LogP contribution in [0.1, 0.15) is 5.69 Å².